The van der Waals surface area contributed by atoms with Crippen molar-refractivity contribution in [3.05, 3.63) is 67.6 Å². The molecule has 9 heteroatoms. The highest BCUT2D eigenvalue weighted by molar-refractivity contribution is 5.96. The quantitative estimate of drug-likeness (QED) is 0.431. The van der Waals surface area contributed by atoms with Crippen molar-refractivity contribution in [3.8, 4) is 33.8 Å². The molecule has 0 aliphatic heterocycles. The lowest BCUT2D eigenvalue weighted by Gasteiger charge is -2.12. The minimum Gasteiger partial charge on any atom is -0.376 e. The molecule has 0 spiro atoms. The number of hydrogen-bond donors (Lipinski definition) is 2. The van der Waals surface area contributed by atoms with E-state index in [9.17, 15) is 0 Å². The molecular formula is C24H19N9. The summed E-state index contributed by atoms with van der Waals surface area (Å²) >= 11 is 0. The summed E-state index contributed by atoms with van der Waals surface area (Å²) in [5.74, 6) is 0.652. The first kappa shape index (κ1) is 19.1. The Bertz CT molecular complexity index is 1600. The molecule has 6 heterocycles. The van der Waals surface area contributed by atoms with E-state index in [1.54, 1.807) is 18.6 Å². The lowest BCUT2D eigenvalue weighted by Crippen LogP contribution is -2.08. The average Bonchev–Trinajstić information content (AvgIpc) is 3.48. The summed E-state index contributed by atoms with van der Waals surface area (Å²) in [7, 11) is 3.99. The van der Waals surface area contributed by atoms with Crippen LogP contribution >= 0.6 is 0 Å². The van der Waals surface area contributed by atoms with Gasteiger partial charge < -0.3 is 9.88 Å². The van der Waals surface area contributed by atoms with Crippen molar-refractivity contribution in [1.29, 1.82) is 0 Å². The van der Waals surface area contributed by atoms with Crippen LogP contribution in [0, 0.1) is 0 Å². The number of rotatable bonds is 4. The van der Waals surface area contributed by atoms with Gasteiger partial charge in [-0.3, -0.25) is 20.1 Å². The van der Waals surface area contributed by atoms with E-state index in [2.05, 4.69) is 47.2 Å². The fraction of sp³-hybridized carbons (Fsp3) is 0.0833. The van der Waals surface area contributed by atoms with E-state index in [4.69, 9.17) is 4.98 Å². The minimum absolute atomic E-state index is 0.652. The van der Waals surface area contributed by atoms with Crippen LogP contribution in [0.4, 0.5) is 5.69 Å². The molecule has 0 unspecified atom stereocenters. The van der Waals surface area contributed by atoms with Gasteiger partial charge >= 0.3 is 0 Å². The highest BCUT2D eigenvalue weighted by Crippen LogP contribution is 2.32. The van der Waals surface area contributed by atoms with Crippen LogP contribution in [-0.2, 0) is 0 Å². The zero-order chi connectivity index (χ0) is 22.4. The first-order chi connectivity index (χ1) is 16.2. The Labute approximate surface area is 188 Å². The van der Waals surface area contributed by atoms with Crippen LogP contribution in [0.1, 0.15) is 0 Å². The van der Waals surface area contributed by atoms with Crippen LogP contribution in [0.15, 0.2) is 67.6 Å². The highest BCUT2D eigenvalue weighted by Gasteiger charge is 2.17. The smallest absolute Gasteiger partial charge is 0.159 e. The number of aromatic amines is 2. The maximum absolute atomic E-state index is 4.88. The van der Waals surface area contributed by atoms with Crippen molar-refractivity contribution >= 4 is 27.8 Å². The van der Waals surface area contributed by atoms with E-state index >= 15 is 0 Å². The molecule has 0 radical (unpaired) electrons. The van der Waals surface area contributed by atoms with Crippen molar-refractivity contribution < 1.29 is 0 Å². The summed E-state index contributed by atoms with van der Waals surface area (Å²) < 4.78 is 0. The molecule has 0 atom stereocenters. The summed E-state index contributed by atoms with van der Waals surface area (Å²) in [6, 6.07) is 8.04. The number of anilines is 1. The van der Waals surface area contributed by atoms with Crippen molar-refractivity contribution in [2.24, 2.45) is 0 Å². The third-order valence-electron chi connectivity index (χ3n) is 5.60. The molecule has 6 aromatic rings. The predicted octanol–water partition coefficient (Wildman–Crippen LogP) is 4.09. The molecule has 2 N–H and O–H groups in total. The van der Waals surface area contributed by atoms with Gasteiger partial charge in [-0.2, -0.15) is 5.10 Å². The number of nitrogens with one attached hydrogen (secondary N) is 2. The van der Waals surface area contributed by atoms with Gasteiger partial charge in [0, 0.05) is 61.8 Å². The molecule has 33 heavy (non-hydrogen) atoms. The van der Waals surface area contributed by atoms with E-state index in [0.717, 1.165) is 44.4 Å². The molecule has 0 amide bonds. The third kappa shape index (κ3) is 3.26. The Hall–Kier alpha value is -4.66. The Morgan fingerprint density at radius 3 is 2.48 bits per heavy atom. The molecule has 9 nitrogen and oxygen atoms in total. The largest absolute Gasteiger partial charge is 0.376 e. The fourth-order valence-corrected chi connectivity index (χ4v) is 3.86. The Balaban J connectivity index is 1.48. The summed E-state index contributed by atoms with van der Waals surface area (Å²) in [5, 5.41) is 8.40. The molecular weight excluding hydrogens is 414 g/mol. The van der Waals surface area contributed by atoms with E-state index in [0.29, 0.717) is 17.2 Å². The van der Waals surface area contributed by atoms with E-state index < -0.39 is 0 Å². The topological polar surface area (TPSA) is 112 Å². The monoisotopic (exact) mass is 433 g/mol. The van der Waals surface area contributed by atoms with Crippen LogP contribution < -0.4 is 4.90 Å². The molecule has 160 valence electrons. The fourth-order valence-electron chi connectivity index (χ4n) is 3.86. The van der Waals surface area contributed by atoms with Gasteiger partial charge in [-0.05, 0) is 29.8 Å². The molecule has 0 fully saturated rings. The van der Waals surface area contributed by atoms with Crippen molar-refractivity contribution in [1.82, 2.24) is 40.1 Å². The highest BCUT2D eigenvalue weighted by atomic mass is 15.2. The normalized spacial score (nSPS) is 11.3. The van der Waals surface area contributed by atoms with Crippen molar-refractivity contribution in [2.75, 3.05) is 19.0 Å². The summed E-state index contributed by atoms with van der Waals surface area (Å²) in [6.07, 6.45) is 12.6. The molecule has 0 aliphatic carbocycles. The number of aromatic nitrogens is 8. The number of pyridine rings is 4. The second-order valence-electron chi connectivity index (χ2n) is 7.92. The molecule has 0 saturated carbocycles. The Morgan fingerprint density at radius 2 is 1.64 bits per heavy atom. The second kappa shape index (κ2) is 7.49. The summed E-state index contributed by atoms with van der Waals surface area (Å²) in [5.41, 5.74) is 7.96. The van der Waals surface area contributed by atoms with Gasteiger partial charge in [-0.15, -0.1) is 0 Å². The maximum atomic E-state index is 4.88. The zero-order valence-electron chi connectivity index (χ0n) is 18.0. The van der Waals surface area contributed by atoms with Crippen LogP contribution in [0.5, 0.6) is 0 Å². The first-order valence-electron chi connectivity index (χ1n) is 10.4. The van der Waals surface area contributed by atoms with Gasteiger partial charge in [-0.1, -0.05) is 0 Å². The lowest BCUT2D eigenvalue weighted by atomic mass is 10.1. The SMILES string of the molecule is CN(C)c1cncc(-c2cnc3[nH]nc(-c4nc5c(-c6ccncc6)cncc5[nH]4)c3c2)c1. The van der Waals surface area contributed by atoms with Gasteiger partial charge in [0.05, 0.1) is 34.5 Å². The second-order valence-corrected chi connectivity index (χ2v) is 7.92. The molecule has 6 aromatic heterocycles. The van der Waals surface area contributed by atoms with Crippen LogP contribution in [0.2, 0.25) is 0 Å². The van der Waals surface area contributed by atoms with Gasteiger partial charge in [0.2, 0.25) is 0 Å². The Kier molecular flexibility index (Phi) is 4.32. The van der Waals surface area contributed by atoms with Gasteiger partial charge in [-0.25, -0.2) is 9.97 Å². The van der Waals surface area contributed by atoms with Crippen molar-refractivity contribution in [2.45, 2.75) is 0 Å². The standard InChI is InChI=1S/C24H19N9/c1-33(2)17-7-15(9-26-11-17)16-8-18-22(31-32-23(18)28-10-16)24-29-20-13-27-12-19(21(20)30-24)14-3-5-25-6-4-14/h3-13H,1-2H3,(H,29,30)(H,28,31,32). The van der Waals surface area contributed by atoms with E-state index in [1.165, 1.54) is 0 Å². The number of hydrogen-bond acceptors (Lipinski definition) is 7. The number of H-pyrrole nitrogens is 2. The molecule has 0 saturated heterocycles. The Morgan fingerprint density at radius 1 is 0.818 bits per heavy atom. The number of fused-ring (bicyclic) bond motifs is 2. The number of nitrogens with zero attached hydrogens (tertiary/aromatic N) is 7. The third-order valence-corrected chi connectivity index (χ3v) is 5.60. The zero-order valence-corrected chi connectivity index (χ0v) is 18.0. The molecule has 0 bridgehead atoms. The first-order valence-corrected chi connectivity index (χ1v) is 10.4. The van der Waals surface area contributed by atoms with E-state index in [-0.39, 0.29) is 0 Å². The van der Waals surface area contributed by atoms with Gasteiger partial charge in [0.25, 0.3) is 0 Å². The van der Waals surface area contributed by atoms with Crippen LogP contribution in [0.3, 0.4) is 0 Å². The van der Waals surface area contributed by atoms with Crippen LogP contribution in [0.25, 0.3) is 55.8 Å². The average molecular weight is 433 g/mol. The summed E-state index contributed by atoms with van der Waals surface area (Å²) in [4.78, 5) is 27.7. The van der Waals surface area contributed by atoms with Crippen LogP contribution in [-0.4, -0.2) is 54.2 Å². The minimum atomic E-state index is 0.652. The van der Waals surface area contributed by atoms with Crippen molar-refractivity contribution in [3.63, 3.8) is 0 Å². The van der Waals surface area contributed by atoms with E-state index in [1.807, 2.05) is 55.9 Å². The predicted molar refractivity (Wildman–Crippen MR) is 128 cm³/mol. The van der Waals surface area contributed by atoms with Gasteiger partial charge in [0.15, 0.2) is 11.5 Å². The summed E-state index contributed by atoms with van der Waals surface area (Å²) in [6.45, 7) is 0. The lowest BCUT2D eigenvalue weighted by molar-refractivity contribution is 1.09. The van der Waals surface area contributed by atoms with Gasteiger partial charge in [0.1, 0.15) is 5.69 Å². The maximum Gasteiger partial charge on any atom is 0.159 e. The molecule has 6 rings (SSSR count). The molecule has 0 aromatic carbocycles. The number of imidazole rings is 1. The molecule has 0 aliphatic rings.